The normalized spacial score (nSPS) is 12.2. The Morgan fingerprint density at radius 2 is 0.927 bits per heavy atom. The zero-order valence-electron chi connectivity index (χ0n) is 27.6. The molecule has 0 aromatic rings. The first kappa shape index (κ1) is 39.7. The van der Waals surface area contributed by atoms with E-state index in [0.717, 1.165) is 51.4 Å². The molecule has 1 atom stereocenters. The maximum Gasteiger partial charge on any atom is 0.306 e. The van der Waals surface area contributed by atoms with Gasteiger partial charge >= 0.3 is 11.9 Å². The Balaban J connectivity index is 3.80. The predicted molar refractivity (Wildman–Crippen MR) is 177 cm³/mol. The molecule has 0 fully saturated rings. The second kappa shape index (κ2) is 33.2. The number of rotatable bonds is 33. The summed E-state index contributed by atoms with van der Waals surface area (Å²) in [5, 5.41) is 8.79. The SMILES string of the molecule is CCCCCC/C=C\C(CCCCCCC(=O)O)OC(=O)CCCCCCCCCCCCCCCCCCCC. The monoisotopic (exact) mass is 579 g/mol. The van der Waals surface area contributed by atoms with Crippen LogP contribution in [0.2, 0.25) is 0 Å². The molecule has 0 amide bonds. The van der Waals surface area contributed by atoms with Gasteiger partial charge in [0.25, 0.3) is 0 Å². The minimum absolute atomic E-state index is 0.0620. The smallest absolute Gasteiger partial charge is 0.306 e. The molecule has 0 aliphatic rings. The standard InChI is InChI=1S/C37H70O4/c1-3-5-7-9-11-12-13-14-15-16-17-18-19-20-21-22-24-30-34-37(40)41-35(31-27-23-10-8-6-4-2)32-28-25-26-29-33-36(38)39/h27,31,35H,3-26,28-30,32-34H2,1-2H3,(H,38,39)/b31-27-. The maximum atomic E-state index is 12.5. The Labute approximate surface area is 255 Å². The molecule has 0 radical (unpaired) electrons. The van der Waals surface area contributed by atoms with E-state index in [1.807, 2.05) is 0 Å². The third-order valence-electron chi connectivity index (χ3n) is 8.22. The number of carboxylic acids is 1. The number of unbranched alkanes of at least 4 members (excludes halogenated alkanes) is 24. The Kier molecular flexibility index (Phi) is 32.1. The van der Waals surface area contributed by atoms with Gasteiger partial charge in [0.05, 0.1) is 0 Å². The molecule has 0 spiro atoms. The average Bonchev–Trinajstić information content (AvgIpc) is 2.95. The fourth-order valence-corrected chi connectivity index (χ4v) is 5.51. The van der Waals surface area contributed by atoms with E-state index in [2.05, 4.69) is 26.0 Å². The van der Waals surface area contributed by atoms with Crippen LogP contribution in [-0.4, -0.2) is 23.1 Å². The minimum Gasteiger partial charge on any atom is -0.481 e. The summed E-state index contributed by atoms with van der Waals surface area (Å²) < 4.78 is 5.84. The first-order valence-electron chi connectivity index (χ1n) is 18.2. The van der Waals surface area contributed by atoms with Gasteiger partial charge in [-0.15, -0.1) is 0 Å². The van der Waals surface area contributed by atoms with Crippen molar-refractivity contribution in [1.82, 2.24) is 0 Å². The Morgan fingerprint density at radius 1 is 0.537 bits per heavy atom. The summed E-state index contributed by atoms with van der Waals surface area (Å²) in [6.45, 7) is 4.51. The quantitative estimate of drug-likeness (QED) is 0.0478. The average molecular weight is 579 g/mol. The highest BCUT2D eigenvalue weighted by Gasteiger charge is 2.11. The van der Waals surface area contributed by atoms with Crippen LogP contribution in [0.4, 0.5) is 0 Å². The van der Waals surface area contributed by atoms with Crippen LogP contribution < -0.4 is 0 Å². The third kappa shape index (κ3) is 33.1. The molecular formula is C37H70O4. The summed E-state index contributed by atoms with van der Waals surface area (Å²) >= 11 is 0. The lowest BCUT2D eigenvalue weighted by Gasteiger charge is -2.15. The van der Waals surface area contributed by atoms with Crippen molar-refractivity contribution in [3.63, 3.8) is 0 Å². The first-order chi connectivity index (χ1) is 20.1. The van der Waals surface area contributed by atoms with Gasteiger partial charge in [-0.25, -0.2) is 0 Å². The molecule has 0 aliphatic carbocycles. The highest BCUT2D eigenvalue weighted by atomic mass is 16.5. The lowest BCUT2D eigenvalue weighted by atomic mass is 10.0. The number of hydrogen-bond donors (Lipinski definition) is 1. The topological polar surface area (TPSA) is 63.6 Å². The van der Waals surface area contributed by atoms with Crippen LogP contribution in [0.3, 0.4) is 0 Å². The van der Waals surface area contributed by atoms with E-state index in [9.17, 15) is 9.59 Å². The lowest BCUT2D eigenvalue weighted by Crippen LogP contribution is -2.16. The van der Waals surface area contributed by atoms with Crippen molar-refractivity contribution in [3.05, 3.63) is 12.2 Å². The van der Waals surface area contributed by atoms with Gasteiger partial charge in [-0.3, -0.25) is 9.59 Å². The van der Waals surface area contributed by atoms with E-state index < -0.39 is 5.97 Å². The van der Waals surface area contributed by atoms with Crippen molar-refractivity contribution >= 4 is 11.9 Å². The van der Waals surface area contributed by atoms with E-state index in [-0.39, 0.29) is 18.5 Å². The van der Waals surface area contributed by atoms with E-state index in [0.29, 0.717) is 6.42 Å². The van der Waals surface area contributed by atoms with Crippen molar-refractivity contribution in [1.29, 1.82) is 0 Å². The van der Waals surface area contributed by atoms with Crippen LogP contribution in [0.25, 0.3) is 0 Å². The van der Waals surface area contributed by atoms with E-state index in [4.69, 9.17) is 9.84 Å². The summed E-state index contributed by atoms with van der Waals surface area (Å²) in [7, 11) is 0. The molecule has 0 aromatic heterocycles. The number of carboxylic acid groups (broad SMARTS) is 1. The number of carbonyl (C=O) groups is 2. The van der Waals surface area contributed by atoms with Gasteiger partial charge in [-0.2, -0.15) is 0 Å². The van der Waals surface area contributed by atoms with Crippen LogP contribution in [-0.2, 0) is 14.3 Å². The molecule has 0 rings (SSSR count). The summed E-state index contributed by atoms with van der Waals surface area (Å²) in [4.78, 5) is 23.2. The Bertz CT molecular complexity index is 585. The van der Waals surface area contributed by atoms with Gasteiger partial charge in [-0.1, -0.05) is 161 Å². The summed E-state index contributed by atoms with van der Waals surface area (Å²) in [5.74, 6) is -0.782. The van der Waals surface area contributed by atoms with Gasteiger partial charge in [0.15, 0.2) is 0 Å². The molecule has 1 unspecified atom stereocenters. The van der Waals surface area contributed by atoms with Gasteiger partial charge in [-0.05, 0) is 44.6 Å². The number of aliphatic carboxylic acids is 1. The Hall–Kier alpha value is -1.32. The molecule has 4 heteroatoms. The number of esters is 1. The van der Waals surface area contributed by atoms with E-state index in [1.54, 1.807) is 0 Å². The van der Waals surface area contributed by atoms with Crippen LogP contribution in [0.5, 0.6) is 0 Å². The first-order valence-corrected chi connectivity index (χ1v) is 18.2. The fraction of sp³-hybridized carbons (Fsp3) is 0.892. The highest BCUT2D eigenvalue weighted by Crippen LogP contribution is 2.16. The van der Waals surface area contributed by atoms with Crippen LogP contribution in [0.15, 0.2) is 12.2 Å². The fourth-order valence-electron chi connectivity index (χ4n) is 5.51. The number of allylic oxidation sites excluding steroid dienone is 1. The molecule has 4 nitrogen and oxygen atoms in total. The van der Waals surface area contributed by atoms with Crippen molar-refractivity contribution in [2.24, 2.45) is 0 Å². The molecule has 0 aliphatic heterocycles. The molecule has 1 N–H and O–H groups in total. The van der Waals surface area contributed by atoms with Crippen LogP contribution >= 0.6 is 0 Å². The minimum atomic E-state index is -0.720. The van der Waals surface area contributed by atoms with Crippen molar-refractivity contribution < 1.29 is 19.4 Å². The molecule has 0 heterocycles. The van der Waals surface area contributed by atoms with Crippen LogP contribution in [0, 0.1) is 0 Å². The Morgan fingerprint density at radius 3 is 1.39 bits per heavy atom. The summed E-state index contributed by atoms with van der Waals surface area (Å²) in [6, 6.07) is 0. The summed E-state index contributed by atoms with van der Waals surface area (Å²) in [6.07, 6.45) is 39.7. The van der Waals surface area contributed by atoms with Gasteiger partial charge in [0.1, 0.15) is 6.10 Å². The van der Waals surface area contributed by atoms with Gasteiger partial charge in [0.2, 0.25) is 0 Å². The van der Waals surface area contributed by atoms with Crippen molar-refractivity contribution in [2.45, 2.75) is 213 Å². The number of ether oxygens (including phenoxy) is 1. The molecular weight excluding hydrogens is 508 g/mol. The second-order valence-corrected chi connectivity index (χ2v) is 12.4. The number of hydrogen-bond acceptors (Lipinski definition) is 3. The maximum absolute atomic E-state index is 12.5. The van der Waals surface area contributed by atoms with E-state index in [1.165, 1.54) is 128 Å². The lowest BCUT2D eigenvalue weighted by molar-refractivity contribution is -0.147. The van der Waals surface area contributed by atoms with Crippen molar-refractivity contribution in [3.8, 4) is 0 Å². The molecule has 0 saturated heterocycles. The predicted octanol–water partition coefficient (Wildman–Crippen LogP) is 12.3. The van der Waals surface area contributed by atoms with Crippen LogP contribution in [0.1, 0.15) is 206 Å². The molecule has 0 bridgehead atoms. The molecule has 242 valence electrons. The van der Waals surface area contributed by atoms with Crippen molar-refractivity contribution in [2.75, 3.05) is 0 Å². The van der Waals surface area contributed by atoms with E-state index >= 15 is 0 Å². The zero-order valence-corrected chi connectivity index (χ0v) is 27.6. The summed E-state index contributed by atoms with van der Waals surface area (Å²) in [5.41, 5.74) is 0. The molecule has 0 aromatic carbocycles. The number of carbonyl (C=O) groups excluding carboxylic acids is 1. The zero-order chi connectivity index (χ0) is 30.1. The third-order valence-corrected chi connectivity index (χ3v) is 8.22. The second-order valence-electron chi connectivity index (χ2n) is 12.4. The van der Waals surface area contributed by atoms with Gasteiger partial charge < -0.3 is 9.84 Å². The molecule has 41 heavy (non-hydrogen) atoms. The molecule has 0 saturated carbocycles. The highest BCUT2D eigenvalue weighted by molar-refractivity contribution is 5.69. The largest absolute Gasteiger partial charge is 0.481 e. The van der Waals surface area contributed by atoms with Gasteiger partial charge in [0, 0.05) is 12.8 Å².